The molecule has 1 heterocycles. The summed E-state index contributed by atoms with van der Waals surface area (Å²) in [5.41, 5.74) is 3.42. The van der Waals surface area contributed by atoms with E-state index in [1.165, 1.54) is 5.56 Å². The summed E-state index contributed by atoms with van der Waals surface area (Å²) in [6.07, 6.45) is 0.889. The fraction of sp³-hybridized carbons (Fsp3) is 0.429. The number of hydrogen-bond acceptors (Lipinski definition) is 4. The molecule has 0 amide bonds. The summed E-state index contributed by atoms with van der Waals surface area (Å²) in [5, 5.41) is 0. The average Bonchev–Trinajstić information content (AvgIpc) is 2.69. The standard InChI is InChI=1S/C21H28N2O3S/c1-3-18-7-9-20(10-8-18)27(24,25)22-16-21(23-11-13-26-14-12-23)19-6-4-5-17(2)15-19/h4-10,15,21-22H,3,11-14,16H2,1-2H3. The number of sulfonamides is 1. The summed E-state index contributed by atoms with van der Waals surface area (Å²) in [6.45, 7) is 7.38. The Morgan fingerprint density at radius 2 is 1.81 bits per heavy atom. The van der Waals surface area contributed by atoms with Crippen molar-refractivity contribution >= 4 is 10.0 Å². The Hall–Kier alpha value is -1.73. The van der Waals surface area contributed by atoms with Crippen molar-refractivity contribution < 1.29 is 13.2 Å². The van der Waals surface area contributed by atoms with E-state index in [2.05, 4.69) is 41.7 Å². The Labute approximate surface area is 162 Å². The van der Waals surface area contributed by atoms with Crippen molar-refractivity contribution in [2.75, 3.05) is 32.8 Å². The van der Waals surface area contributed by atoms with Gasteiger partial charge in [-0.1, -0.05) is 48.9 Å². The summed E-state index contributed by atoms with van der Waals surface area (Å²) >= 11 is 0. The van der Waals surface area contributed by atoms with Crippen LogP contribution in [0.3, 0.4) is 0 Å². The van der Waals surface area contributed by atoms with Crippen LogP contribution in [0.5, 0.6) is 0 Å². The van der Waals surface area contributed by atoms with Gasteiger partial charge in [0, 0.05) is 25.7 Å². The van der Waals surface area contributed by atoms with Crippen LogP contribution in [0.4, 0.5) is 0 Å². The van der Waals surface area contributed by atoms with Gasteiger partial charge in [-0.15, -0.1) is 0 Å². The second-order valence-electron chi connectivity index (χ2n) is 6.93. The molecule has 0 radical (unpaired) electrons. The Kier molecular flexibility index (Phi) is 6.65. The van der Waals surface area contributed by atoms with Crippen LogP contribution in [0.25, 0.3) is 0 Å². The third-order valence-electron chi connectivity index (χ3n) is 5.02. The molecule has 5 nitrogen and oxygen atoms in total. The van der Waals surface area contributed by atoms with Crippen molar-refractivity contribution in [3.05, 3.63) is 65.2 Å². The van der Waals surface area contributed by atoms with Crippen LogP contribution in [0.1, 0.15) is 29.7 Å². The second-order valence-corrected chi connectivity index (χ2v) is 8.69. The highest BCUT2D eigenvalue weighted by atomic mass is 32.2. The summed E-state index contributed by atoms with van der Waals surface area (Å²) in [7, 11) is -3.55. The van der Waals surface area contributed by atoms with Gasteiger partial charge in [0.2, 0.25) is 10.0 Å². The number of hydrogen-bond donors (Lipinski definition) is 1. The molecular weight excluding hydrogens is 360 g/mol. The molecule has 0 aliphatic carbocycles. The zero-order valence-corrected chi connectivity index (χ0v) is 16.8. The normalized spacial score (nSPS) is 17.0. The number of aryl methyl sites for hydroxylation is 2. The maximum absolute atomic E-state index is 12.8. The van der Waals surface area contributed by atoms with Gasteiger partial charge in [0.1, 0.15) is 0 Å². The molecule has 1 aliphatic heterocycles. The molecule has 2 aromatic rings. The van der Waals surface area contributed by atoms with E-state index in [1.54, 1.807) is 12.1 Å². The first kappa shape index (κ1) is 20.0. The molecular formula is C21H28N2O3S. The topological polar surface area (TPSA) is 58.6 Å². The smallest absolute Gasteiger partial charge is 0.240 e. The first-order valence-corrected chi connectivity index (χ1v) is 10.9. The molecule has 6 heteroatoms. The number of nitrogens with one attached hydrogen (secondary N) is 1. The Morgan fingerprint density at radius 1 is 1.11 bits per heavy atom. The van der Waals surface area contributed by atoms with E-state index in [4.69, 9.17) is 4.74 Å². The zero-order valence-electron chi connectivity index (χ0n) is 16.0. The van der Waals surface area contributed by atoms with Gasteiger partial charge in [0.25, 0.3) is 0 Å². The molecule has 0 saturated carbocycles. The van der Waals surface area contributed by atoms with E-state index >= 15 is 0 Å². The maximum Gasteiger partial charge on any atom is 0.240 e. The zero-order chi connectivity index (χ0) is 19.3. The minimum absolute atomic E-state index is 0.0153. The van der Waals surface area contributed by atoms with E-state index < -0.39 is 10.0 Å². The molecule has 1 atom stereocenters. The molecule has 2 aromatic carbocycles. The van der Waals surface area contributed by atoms with Crippen LogP contribution >= 0.6 is 0 Å². The largest absolute Gasteiger partial charge is 0.379 e. The molecule has 1 aliphatic rings. The monoisotopic (exact) mass is 388 g/mol. The van der Waals surface area contributed by atoms with Crippen molar-refractivity contribution in [1.82, 2.24) is 9.62 Å². The number of rotatable bonds is 7. The molecule has 0 bridgehead atoms. The van der Waals surface area contributed by atoms with E-state index in [0.29, 0.717) is 24.7 Å². The lowest BCUT2D eigenvalue weighted by atomic mass is 10.0. The van der Waals surface area contributed by atoms with Gasteiger partial charge in [0.05, 0.1) is 18.1 Å². The van der Waals surface area contributed by atoms with Crippen molar-refractivity contribution in [3.63, 3.8) is 0 Å². The SMILES string of the molecule is CCc1ccc(S(=O)(=O)NCC(c2cccc(C)c2)N2CCOCC2)cc1. The first-order valence-electron chi connectivity index (χ1n) is 9.46. The number of nitrogens with zero attached hydrogens (tertiary/aromatic N) is 1. The van der Waals surface area contributed by atoms with Gasteiger partial charge in [-0.05, 0) is 36.6 Å². The summed E-state index contributed by atoms with van der Waals surface area (Å²) in [6, 6.07) is 15.4. The predicted molar refractivity (Wildman–Crippen MR) is 107 cm³/mol. The molecule has 1 fully saturated rings. The molecule has 0 aromatic heterocycles. The highest BCUT2D eigenvalue weighted by Gasteiger charge is 2.25. The average molecular weight is 389 g/mol. The minimum Gasteiger partial charge on any atom is -0.379 e. The van der Waals surface area contributed by atoms with Crippen LogP contribution in [-0.4, -0.2) is 46.2 Å². The van der Waals surface area contributed by atoms with Gasteiger partial charge in [0.15, 0.2) is 0 Å². The number of benzene rings is 2. The molecule has 146 valence electrons. The van der Waals surface area contributed by atoms with Crippen LogP contribution < -0.4 is 4.72 Å². The van der Waals surface area contributed by atoms with E-state index in [-0.39, 0.29) is 6.04 Å². The molecule has 1 saturated heterocycles. The third-order valence-corrected chi connectivity index (χ3v) is 6.46. The lowest BCUT2D eigenvalue weighted by molar-refractivity contribution is 0.0172. The highest BCUT2D eigenvalue weighted by Crippen LogP contribution is 2.23. The summed E-state index contributed by atoms with van der Waals surface area (Å²) in [5.74, 6) is 0. The third kappa shape index (κ3) is 5.17. The van der Waals surface area contributed by atoms with E-state index in [9.17, 15) is 8.42 Å². The molecule has 27 heavy (non-hydrogen) atoms. The predicted octanol–water partition coefficient (Wildman–Crippen LogP) is 2.91. The Morgan fingerprint density at radius 3 is 2.44 bits per heavy atom. The van der Waals surface area contributed by atoms with Gasteiger partial charge in [-0.3, -0.25) is 4.90 Å². The first-order chi connectivity index (χ1) is 13.0. The van der Waals surface area contributed by atoms with Crippen LogP contribution in [0.2, 0.25) is 0 Å². The fourth-order valence-electron chi connectivity index (χ4n) is 3.40. The van der Waals surface area contributed by atoms with Gasteiger partial charge in [-0.25, -0.2) is 13.1 Å². The van der Waals surface area contributed by atoms with E-state index in [1.807, 2.05) is 18.2 Å². The highest BCUT2D eigenvalue weighted by molar-refractivity contribution is 7.89. The molecule has 1 unspecified atom stereocenters. The van der Waals surface area contributed by atoms with Crippen molar-refractivity contribution in [3.8, 4) is 0 Å². The van der Waals surface area contributed by atoms with Crippen LogP contribution in [0.15, 0.2) is 53.4 Å². The lowest BCUT2D eigenvalue weighted by Crippen LogP contribution is -2.43. The fourth-order valence-corrected chi connectivity index (χ4v) is 4.44. The molecule has 3 rings (SSSR count). The van der Waals surface area contributed by atoms with Crippen molar-refractivity contribution in [2.45, 2.75) is 31.2 Å². The van der Waals surface area contributed by atoms with Crippen LogP contribution in [0, 0.1) is 6.92 Å². The molecule has 1 N–H and O–H groups in total. The second kappa shape index (κ2) is 8.97. The molecule has 0 spiro atoms. The maximum atomic E-state index is 12.8. The van der Waals surface area contributed by atoms with Gasteiger partial charge >= 0.3 is 0 Å². The van der Waals surface area contributed by atoms with Crippen molar-refractivity contribution in [1.29, 1.82) is 0 Å². The van der Waals surface area contributed by atoms with Crippen molar-refractivity contribution in [2.24, 2.45) is 0 Å². The van der Waals surface area contributed by atoms with Gasteiger partial charge in [-0.2, -0.15) is 0 Å². The summed E-state index contributed by atoms with van der Waals surface area (Å²) < 4.78 is 33.8. The van der Waals surface area contributed by atoms with E-state index in [0.717, 1.165) is 30.6 Å². The number of ether oxygens (including phenoxy) is 1. The van der Waals surface area contributed by atoms with Gasteiger partial charge < -0.3 is 4.74 Å². The minimum atomic E-state index is -3.55. The summed E-state index contributed by atoms with van der Waals surface area (Å²) in [4.78, 5) is 2.60. The number of morpholine rings is 1. The van der Waals surface area contributed by atoms with Crippen LogP contribution in [-0.2, 0) is 21.2 Å². The lowest BCUT2D eigenvalue weighted by Gasteiger charge is -2.35. The quantitative estimate of drug-likeness (QED) is 0.792. The Bertz CT molecular complexity index is 844. The Balaban J connectivity index is 1.78.